The Kier molecular flexibility index (Phi) is 1.68. The number of nitrogens with zero attached hydrogens (tertiary/aromatic N) is 3. The highest BCUT2D eigenvalue weighted by Gasteiger charge is 2.02. The molecule has 0 bridgehead atoms. The number of aromatic nitrogens is 4. The average Bonchev–Trinajstić information content (AvgIpc) is 2.55. The van der Waals surface area contributed by atoms with Crippen LogP contribution in [0.5, 0.6) is 0 Å². The number of aromatic amines is 1. The third kappa shape index (κ3) is 1.29. The summed E-state index contributed by atoms with van der Waals surface area (Å²) in [5.41, 5.74) is 0. The molecule has 0 fully saturated rings. The van der Waals surface area contributed by atoms with E-state index in [1.807, 2.05) is 0 Å². The molecule has 1 atom stereocenters. The third-order valence-corrected chi connectivity index (χ3v) is 2.51. The summed E-state index contributed by atoms with van der Waals surface area (Å²) < 4.78 is 0.955. The molecule has 2 heterocycles. The fourth-order valence-corrected chi connectivity index (χ4v) is 1.81. The highest BCUT2D eigenvalue weighted by molar-refractivity contribution is 7.43. The fraction of sp³-hybridized carbons (Fsp3) is 0. The van der Waals surface area contributed by atoms with Crippen molar-refractivity contribution in [3.63, 3.8) is 0 Å². The standard InChI is InChI=1S/C5H5N4PS/c10-5-6-1-3(11-5)4-7-2-8-9-4/h1-2H,10H2,(H,7,8,9). The first-order chi connectivity index (χ1) is 5.36. The molecular formula is C5H5N4PS. The van der Waals surface area contributed by atoms with E-state index in [0.29, 0.717) is 0 Å². The Balaban J connectivity index is 2.45. The molecule has 6 heteroatoms. The molecule has 0 aromatic carbocycles. The van der Waals surface area contributed by atoms with Gasteiger partial charge >= 0.3 is 0 Å². The average molecular weight is 184 g/mol. The molecule has 1 N–H and O–H groups in total. The largest absolute Gasteiger partial charge is 0.259 e. The second-order valence-corrected chi connectivity index (χ2v) is 3.92. The van der Waals surface area contributed by atoms with Gasteiger partial charge in [0.25, 0.3) is 0 Å². The summed E-state index contributed by atoms with van der Waals surface area (Å²) in [6, 6.07) is 0. The molecule has 0 saturated heterocycles. The van der Waals surface area contributed by atoms with Crippen LogP contribution in [-0.4, -0.2) is 20.2 Å². The Morgan fingerprint density at radius 2 is 2.36 bits per heavy atom. The van der Waals surface area contributed by atoms with Crippen molar-refractivity contribution in [3.05, 3.63) is 12.5 Å². The Bertz CT molecular complexity index is 341. The summed E-state index contributed by atoms with van der Waals surface area (Å²) in [5, 5.41) is 6.51. The first-order valence-corrected chi connectivity index (χ1v) is 4.32. The molecular weight excluding hydrogens is 179 g/mol. The molecule has 0 aliphatic heterocycles. The molecule has 2 aromatic heterocycles. The van der Waals surface area contributed by atoms with Crippen LogP contribution < -0.4 is 4.75 Å². The van der Waals surface area contributed by atoms with Crippen molar-refractivity contribution in [1.82, 2.24) is 20.2 Å². The zero-order chi connectivity index (χ0) is 7.68. The van der Waals surface area contributed by atoms with Crippen LogP contribution in [0, 0.1) is 0 Å². The minimum absolute atomic E-state index is 0.774. The molecule has 0 radical (unpaired) electrons. The van der Waals surface area contributed by atoms with Gasteiger partial charge in [-0.25, -0.2) is 9.97 Å². The second-order valence-electron chi connectivity index (χ2n) is 1.90. The van der Waals surface area contributed by atoms with Crippen molar-refractivity contribution in [3.8, 4) is 10.7 Å². The van der Waals surface area contributed by atoms with E-state index in [9.17, 15) is 0 Å². The maximum atomic E-state index is 4.07. The Morgan fingerprint density at radius 3 is 2.91 bits per heavy atom. The van der Waals surface area contributed by atoms with Crippen molar-refractivity contribution < 1.29 is 0 Å². The molecule has 1 unspecified atom stereocenters. The second kappa shape index (κ2) is 2.68. The lowest BCUT2D eigenvalue weighted by molar-refractivity contribution is 1.10. The lowest BCUT2D eigenvalue weighted by Gasteiger charge is -1.82. The van der Waals surface area contributed by atoms with Gasteiger partial charge in [-0.15, -0.1) is 11.3 Å². The van der Waals surface area contributed by atoms with Crippen molar-refractivity contribution in [2.24, 2.45) is 0 Å². The highest BCUT2D eigenvalue weighted by Crippen LogP contribution is 2.17. The Hall–Kier alpha value is -0.800. The van der Waals surface area contributed by atoms with Gasteiger partial charge in [0.05, 0.1) is 4.88 Å². The lowest BCUT2D eigenvalue weighted by Crippen LogP contribution is -1.79. The van der Waals surface area contributed by atoms with E-state index in [2.05, 4.69) is 29.4 Å². The van der Waals surface area contributed by atoms with Crippen LogP contribution in [0.1, 0.15) is 0 Å². The van der Waals surface area contributed by atoms with Crippen LogP contribution >= 0.6 is 20.6 Å². The first-order valence-electron chi connectivity index (χ1n) is 2.93. The van der Waals surface area contributed by atoms with Crippen LogP contribution in [0.3, 0.4) is 0 Å². The van der Waals surface area contributed by atoms with Gasteiger partial charge in [0.2, 0.25) is 0 Å². The van der Waals surface area contributed by atoms with Crippen LogP contribution in [0.15, 0.2) is 12.5 Å². The maximum absolute atomic E-state index is 4.07. The molecule has 0 aliphatic rings. The predicted octanol–water partition coefficient (Wildman–Crippen LogP) is 0.429. The summed E-state index contributed by atoms with van der Waals surface area (Å²) in [4.78, 5) is 9.07. The normalized spacial score (nSPS) is 10.3. The van der Waals surface area contributed by atoms with E-state index in [0.717, 1.165) is 15.5 Å². The quantitative estimate of drug-likeness (QED) is 0.654. The van der Waals surface area contributed by atoms with Gasteiger partial charge in [-0.3, -0.25) is 5.10 Å². The zero-order valence-corrected chi connectivity index (χ0v) is 7.45. The van der Waals surface area contributed by atoms with Crippen LogP contribution in [0.25, 0.3) is 10.7 Å². The molecule has 4 nitrogen and oxygen atoms in total. The molecule has 0 saturated carbocycles. The van der Waals surface area contributed by atoms with Crippen LogP contribution in [0.2, 0.25) is 0 Å². The number of H-pyrrole nitrogens is 1. The van der Waals surface area contributed by atoms with Gasteiger partial charge in [0, 0.05) is 6.20 Å². The minimum atomic E-state index is 0.774. The maximum Gasteiger partial charge on any atom is 0.167 e. The van der Waals surface area contributed by atoms with Gasteiger partial charge in [0.15, 0.2) is 5.82 Å². The van der Waals surface area contributed by atoms with Crippen molar-refractivity contribution >= 4 is 25.3 Å². The highest BCUT2D eigenvalue weighted by atomic mass is 32.1. The van der Waals surface area contributed by atoms with Crippen molar-refractivity contribution in [1.29, 1.82) is 0 Å². The van der Waals surface area contributed by atoms with E-state index in [4.69, 9.17) is 0 Å². The smallest absolute Gasteiger partial charge is 0.167 e. The number of nitrogens with one attached hydrogen (secondary N) is 1. The third-order valence-electron chi connectivity index (χ3n) is 1.17. The van der Waals surface area contributed by atoms with E-state index in [-0.39, 0.29) is 0 Å². The van der Waals surface area contributed by atoms with E-state index in [1.54, 1.807) is 17.5 Å². The van der Waals surface area contributed by atoms with E-state index >= 15 is 0 Å². The van der Waals surface area contributed by atoms with E-state index < -0.39 is 0 Å². The minimum Gasteiger partial charge on any atom is -0.259 e. The van der Waals surface area contributed by atoms with Crippen LogP contribution in [0.4, 0.5) is 0 Å². The van der Waals surface area contributed by atoms with E-state index in [1.165, 1.54) is 6.33 Å². The molecule has 0 amide bonds. The number of thiazole rings is 1. The van der Waals surface area contributed by atoms with Gasteiger partial charge < -0.3 is 0 Å². The number of hydrogen-bond acceptors (Lipinski definition) is 4. The molecule has 11 heavy (non-hydrogen) atoms. The zero-order valence-electron chi connectivity index (χ0n) is 5.48. The molecule has 2 rings (SSSR count). The van der Waals surface area contributed by atoms with Crippen molar-refractivity contribution in [2.75, 3.05) is 0 Å². The summed E-state index contributed by atoms with van der Waals surface area (Å²) in [5.74, 6) is 0.774. The molecule has 56 valence electrons. The lowest BCUT2D eigenvalue weighted by atomic mass is 10.5. The predicted molar refractivity (Wildman–Crippen MR) is 46.8 cm³/mol. The first kappa shape index (κ1) is 6.88. The fourth-order valence-electron chi connectivity index (χ4n) is 0.721. The SMILES string of the molecule is Pc1ncc(-c2ncn[nH]2)s1. The number of rotatable bonds is 1. The summed E-state index contributed by atoms with van der Waals surface area (Å²) in [7, 11) is 2.54. The van der Waals surface area contributed by atoms with Gasteiger partial charge in [-0.1, -0.05) is 9.24 Å². The molecule has 2 aromatic rings. The van der Waals surface area contributed by atoms with Gasteiger partial charge in [-0.2, -0.15) is 5.10 Å². The molecule has 0 spiro atoms. The Morgan fingerprint density at radius 1 is 1.45 bits per heavy atom. The van der Waals surface area contributed by atoms with Gasteiger partial charge in [0.1, 0.15) is 11.1 Å². The van der Waals surface area contributed by atoms with Crippen molar-refractivity contribution in [2.45, 2.75) is 0 Å². The monoisotopic (exact) mass is 184 g/mol. The van der Waals surface area contributed by atoms with Gasteiger partial charge in [-0.05, 0) is 0 Å². The Labute approximate surface area is 69.3 Å². The molecule has 0 aliphatic carbocycles. The summed E-state index contributed by atoms with van der Waals surface area (Å²) in [6.07, 6.45) is 3.26. The van der Waals surface area contributed by atoms with Crippen LogP contribution in [-0.2, 0) is 0 Å². The summed E-state index contributed by atoms with van der Waals surface area (Å²) in [6.45, 7) is 0. The number of hydrogen-bond donors (Lipinski definition) is 1. The topological polar surface area (TPSA) is 54.5 Å². The summed E-state index contributed by atoms with van der Waals surface area (Å²) >= 11 is 1.56.